The molecule has 0 atom stereocenters. The van der Waals surface area contributed by atoms with Crippen molar-refractivity contribution in [1.29, 1.82) is 0 Å². The molecule has 0 fully saturated rings. The van der Waals surface area contributed by atoms with E-state index in [2.05, 4.69) is 146 Å². The number of thiophene rings is 2. The van der Waals surface area contributed by atoms with Gasteiger partial charge in [-0.1, -0.05) is 72.8 Å². The van der Waals surface area contributed by atoms with Crippen LogP contribution in [-0.4, -0.2) is 0 Å². The average molecular weight is 805 g/mol. The van der Waals surface area contributed by atoms with Crippen LogP contribution in [0, 0.1) is 0 Å². The Bertz CT molecular complexity index is 3770. The molecule has 6 heteroatoms. The van der Waals surface area contributed by atoms with Crippen LogP contribution in [0.15, 0.2) is 188 Å². The summed E-state index contributed by atoms with van der Waals surface area (Å²) in [6.07, 6.45) is 0. The Balaban J connectivity index is 0.825. The molecule has 14 aromatic rings. The van der Waals surface area contributed by atoms with Crippen LogP contribution >= 0.6 is 22.7 Å². The zero-order valence-electron chi connectivity index (χ0n) is 31.6. The summed E-state index contributed by atoms with van der Waals surface area (Å²) < 4.78 is 28.0. The SMILES string of the molecule is c1ccc(-c2ccc3oc4cc5oc6ccc(-c7cc8sc(-c9ccc%10oc%11cc%12oc%13ccc(-c%14ccccc%14)cc%13c%12cc%11c%10c9)cc8s7)cc6c5cc4c3c2)cc1. The Hall–Kier alpha value is -7.38. The Kier molecular flexibility index (Phi) is 6.56. The fraction of sp³-hybridized carbons (Fsp3) is 0. The molecule has 0 bridgehead atoms. The smallest absolute Gasteiger partial charge is 0.139 e. The normalized spacial score (nSPS) is 12.3. The molecule has 0 unspecified atom stereocenters. The summed E-state index contributed by atoms with van der Waals surface area (Å²) in [6.45, 7) is 0. The molecule has 0 N–H and O–H groups in total. The van der Waals surface area contributed by atoms with Crippen molar-refractivity contribution in [3.63, 3.8) is 0 Å². The van der Waals surface area contributed by atoms with Gasteiger partial charge in [-0.25, -0.2) is 0 Å². The zero-order chi connectivity index (χ0) is 39.1. The molecule has 0 amide bonds. The number of hydrogen-bond donors (Lipinski definition) is 0. The number of rotatable bonds is 4. The summed E-state index contributed by atoms with van der Waals surface area (Å²) in [7, 11) is 0. The van der Waals surface area contributed by atoms with E-state index >= 15 is 0 Å². The number of fused-ring (bicyclic) bond motifs is 13. The van der Waals surface area contributed by atoms with Crippen LogP contribution in [0.5, 0.6) is 0 Å². The third-order valence-electron chi connectivity index (χ3n) is 12.1. The van der Waals surface area contributed by atoms with Crippen LogP contribution in [0.4, 0.5) is 0 Å². The van der Waals surface area contributed by atoms with Crippen LogP contribution in [0.25, 0.3) is 140 Å². The van der Waals surface area contributed by atoms with Gasteiger partial charge < -0.3 is 17.7 Å². The summed E-state index contributed by atoms with van der Waals surface area (Å²) in [5.74, 6) is 0. The van der Waals surface area contributed by atoms with E-state index < -0.39 is 0 Å². The lowest BCUT2D eigenvalue weighted by atomic mass is 10.0. The quantitative estimate of drug-likeness (QED) is 0.178. The molecule has 0 aliphatic carbocycles. The van der Waals surface area contributed by atoms with Crippen molar-refractivity contribution in [1.82, 2.24) is 0 Å². The van der Waals surface area contributed by atoms with Crippen molar-refractivity contribution in [2.75, 3.05) is 0 Å². The summed E-state index contributed by atoms with van der Waals surface area (Å²) in [4.78, 5) is 2.48. The van der Waals surface area contributed by atoms with E-state index in [1.165, 1.54) is 52.5 Å². The van der Waals surface area contributed by atoms with Crippen molar-refractivity contribution in [2.45, 2.75) is 0 Å². The number of benzene rings is 8. The Labute approximate surface area is 348 Å². The van der Waals surface area contributed by atoms with Crippen molar-refractivity contribution in [2.24, 2.45) is 0 Å². The second-order valence-corrected chi connectivity index (χ2v) is 17.8. The highest BCUT2D eigenvalue weighted by Crippen LogP contribution is 2.46. The molecule has 60 heavy (non-hydrogen) atoms. The average Bonchev–Trinajstić information content (AvgIpc) is 4.15. The standard InChI is InChI=1S/C54H28O4S2/c1-3-7-29(8-4-1)31-11-15-43-35(19-31)39-23-41-37-21-33(13-17-45(37)57-49(41)25-47(39)55-43)51-27-53-54(59-51)28-52(60-53)34-14-18-46-38(22-34)42-24-40-36-20-32(30-9-5-2-6-10-30)12-16-44(36)56-48(40)26-50(42)58-46/h1-28H. The van der Waals surface area contributed by atoms with E-state index in [0.717, 1.165) is 87.8 Å². The molecule has 0 aliphatic heterocycles. The molecule has 0 aliphatic rings. The first kappa shape index (κ1) is 32.6. The van der Waals surface area contributed by atoms with Gasteiger partial charge in [0.25, 0.3) is 0 Å². The predicted octanol–water partition coefficient (Wildman–Crippen LogP) is 17.2. The predicted molar refractivity (Wildman–Crippen MR) is 251 cm³/mol. The first-order valence-electron chi connectivity index (χ1n) is 19.9. The minimum atomic E-state index is 0.830. The Morgan fingerprint density at radius 3 is 0.917 bits per heavy atom. The lowest BCUT2D eigenvalue weighted by Gasteiger charge is -2.01. The lowest BCUT2D eigenvalue weighted by molar-refractivity contribution is 0.655. The number of furan rings is 4. The Morgan fingerprint density at radius 1 is 0.233 bits per heavy atom. The van der Waals surface area contributed by atoms with Gasteiger partial charge in [-0.3, -0.25) is 0 Å². The molecule has 6 aromatic heterocycles. The van der Waals surface area contributed by atoms with Gasteiger partial charge in [0.1, 0.15) is 44.7 Å². The monoisotopic (exact) mass is 804 g/mol. The van der Waals surface area contributed by atoms with Gasteiger partial charge in [-0.05, 0) is 118 Å². The van der Waals surface area contributed by atoms with Crippen molar-refractivity contribution in [3.8, 4) is 43.1 Å². The zero-order valence-corrected chi connectivity index (χ0v) is 33.2. The highest BCUT2D eigenvalue weighted by molar-refractivity contribution is 7.31. The van der Waals surface area contributed by atoms with E-state index in [0.29, 0.717) is 0 Å². The Morgan fingerprint density at radius 2 is 0.550 bits per heavy atom. The van der Waals surface area contributed by atoms with E-state index in [1.54, 1.807) is 0 Å². The van der Waals surface area contributed by atoms with Gasteiger partial charge in [-0.2, -0.15) is 0 Å². The molecule has 4 nitrogen and oxygen atoms in total. The van der Waals surface area contributed by atoms with E-state index in [4.69, 9.17) is 17.7 Å². The van der Waals surface area contributed by atoms with Crippen LogP contribution in [0.3, 0.4) is 0 Å². The second-order valence-electron chi connectivity index (χ2n) is 15.6. The largest absolute Gasteiger partial charge is 0.456 e. The molecule has 0 radical (unpaired) electrons. The van der Waals surface area contributed by atoms with E-state index in [9.17, 15) is 0 Å². The van der Waals surface area contributed by atoms with E-state index in [-0.39, 0.29) is 0 Å². The lowest BCUT2D eigenvalue weighted by Crippen LogP contribution is -1.76. The van der Waals surface area contributed by atoms with Gasteiger partial charge >= 0.3 is 0 Å². The van der Waals surface area contributed by atoms with Gasteiger partial charge in [0.2, 0.25) is 0 Å². The van der Waals surface area contributed by atoms with Crippen molar-refractivity contribution >= 4 is 120 Å². The fourth-order valence-electron chi connectivity index (χ4n) is 9.14. The molecule has 0 spiro atoms. The molecule has 6 heterocycles. The molecule has 280 valence electrons. The molecule has 0 saturated heterocycles. The second kappa shape index (κ2) is 12.1. The minimum Gasteiger partial charge on any atom is -0.456 e. The third-order valence-corrected chi connectivity index (χ3v) is 14.5. The van der Waals surface area contributed by atoms with Crippen molar-refractivity contribution in [3.05, 3.63) is 170 Å². The first-order chi connectivity index (χ1) is 29.6. The molecular weight excluding hydrogens is 777 g/mol. The van der Waals surface area contributed by atoms with Gasteiger partial charge in [0.05, 0.1) is 0 Å². The molecule has 8 aromatic carbocycles. The maximum atomic E-state index is 6.39. The summed E-state index contributed by atoms with van der Waals surface area (Å²) in [5.41, 5.74) is 13.9. The van der Waals surface area contributed by atoms with Crippen LogP contribution in [0.2, 0.25) is 0 Å². The van der Waals surface area contributed by atoms with Crippen LogP contribution in [0.1, 0.15) is 0 Å². The van der Waals surface area contributed by atoms with Gasteiger partial charge in [0.15, 0.2) is 0 Å². The molecule has 14 rings (SSSR count). The highest BCUT2D eigenvalue weighted by Gasteiger charge is 2.19. The van der Waals surface area contributed by atoms with Crippen LogP contribution in [-0.2, 0) is 0 Å². The number of hydrogen-bond acceptors (Lipinski definition) is 6. The topological polar surface area (TPSA) is 52.6 Å². The first-order valence-corrected chi connectivity index (χ1v) is 21.6. The summed E-state index contributed by atoms with van der Waals surface area (Å²) >= 11 is 3.67. The van der Waals surface area contributed by atoms with Gasteiger partial charge in [-0.15, -0.1) is 22.7 Å². The highest BCUT2D eigenvalue weighted by atomic mass is 32.1. The van der Waals surface area contributed by atoms with Crippen LogP contribution < -0.4 is 0 Å². The molecule has 0 saturated carbocycles. The van der Waals surface area contributed by atoms with Gasteiger partial charge in [0, 0.05) is 74.4 Å². The van der Waals surface area contributed by atoms with E-state index in [1.807, 2.05) is 46.9 Å². The summed E-state index contributed by atoms with van der Waals surface area (Å²) in [5, 5.41) is 8.79. The maximum Gasteiger partial charge on any atom is 0.139 e. The maximum absolute atomic E-state index is 6.39. The van der Waals surface area contributed by atoms with Crippen molar-refractivity contribution < 1.29 is 17.7 Å². The minimum absolute atomic E-state index is 0.830. The summed E-state index contributed by atoms with van der Waals surface area (Å²) in [6, 6.07) is 60.2. The fourth-order valence-corrected chi connectivity index (χ4v) is 11.5. The molecular formula is C54H28O4S2. The third kappa shape index (κ3) is 4.83.